The van der Waals surface area contributed by atoms with Crippen LogP contribution < -0.4 is 5.32 Å². The Kier molecular flexibility index (Phi) is 10.5. The number of amides is 1. The number of hydrogen-bond donors (Lipinski definition) is 1. The summed E-state index contributed by atoms with van der Waals surface area (Å²) in [6, 6.07) is 1.62. The van der Waals surface area contributed by atoms with Crippen molar-refractivity contribution in [3.63, 3.8) is 0 Å². The van der Waals surface area contributed by atoms with E-state index in [9.17, 15) is 24.0 Å². The van der Waals surface area contributed by atoms with Gasteiger partial charge in [0.15, 0.2) is 0 Å². The molecule has 188 valence electrons. The fraction of sp³-hybridized carbons (Fsp3) is 0.522. The summed E-state index contributed by atoms with van der Waals surface area (Å²) < 4.78 is 24.8. The van der Waals surface area contributed by atoms with Gasteiger partial charge in [0, 0.05) is 18.9 Å². The molecule has 11 nitrogen and oxygen atoms in total. The molecule has 1 aromatic rings. The van der Waals surface area contributed by atoms with Crippen LogP contribution in [0.2, 0.25) is 0 Å². The fourth-order valence-corrected chi connectivity index (χ4v) is 2.91. The van der Waals surface area contributed by atoms with E-state index in [4.69, 9.17) is 23.7 Å². The van der Waals surface area contributed by atoms with E-state index in [1.165, 1.54) is 19.1 Å². The maximum Gasteiger partial charge on any atom is 0.408 e. The zero-order valence-corrected chi connectivity index (χ0v) is 20.4. The molecule has 0 aliphatic heterocycles. The number of methoxy groups -OCH3 is 2. The molecule has 1 amide bonds. The normalized spacial score (nSPS) is 11.6. The minimum Gasteiger partial charge on any atom is -0.465 e. The summed E-state index contributed by atoms with van der Waals surface area (Å²) in [5.74, 6) is -3.04. The van der Waals surface area contributed by atoms with E-state index < -0.39 is 41.6 Å². The molecule has 1 rings (SSSR count). The first kappa shape index (κ1) is 28.4. The topological polar surface area (TPSA) is 144 Å². The molecule has 0 heterocycles. The van der Waals surface area contributed by atoms with Crippen molar-refractivity contribution in [3.05, 3.63) is 34.4 Å². The maximum atomic E-state index is 12.5. The Hall–Kier alpha value is -3.63. The van der Waals surface area contributed by atoms with Gasteiger partial charge in [-0.05, 0) is 39.3 Å². The lowest BCUT2D eigenvalue weighted by Gasteiger charge is -2.23. The smallest absolute Gasteiger partial charge is 0.408 e. The average Bonchev–Trinajstić information content (AvgIpc) is 2.74. The molecule has 0 bridgehead atoms. The molecule has 0 aliphatic carbocycles. The second-order valence-electron chi connectivity index (χ2n) is 8.10. The van der Waals surface area contributed by atoms with Crippen LogP contribution in [-0.4, -0.2) is 62.4 Å². The number of carbonyl (C=O) groups is 5. The molecule has 1 N–H and O–H groups in total. The molecule has 0 aromatic heterocycles. The van der Waals surface area contributed by atoms with E-state index in [0.717, 1.165) is 14.2 Å². The Morgan fingerprint density at radius 2 is 1.59 bits per heavy atom. The lowest BCUT2D eigenvalue weighted by Crippen LogP contribution is -2.45. The highest BCUT2D eigenvalue weighted by Crippen LogP contribution is 2.23. The standard InChI is InChI=1S/C23H31NO10/c1-8-32-20(27)17(24-22(29)34-23(3,4)5)11-14-9-15(12-33-13(2)25)18(21(28)31-7)16(10-14)19(26)30-6/h9-10,17H,8,11-12H2,1-7H3,(H,24,29). The molecule has 0 fully saturated rings. The second-order valence-corrected chi connectivity index (χ2v) is 8.10. The predicted molar refractivity (Wildman–Crippen MR) is 118 cm³/mol. The summed E-state index contributed by atoms with van der Waals surface area (Å²) in [5, 5.41) is 2.46. The molecular weight excluding hydrogens is 450 g/mol. The van der Waals surface area contributed by atoms with Gasteiger partial charge in [-0.25, -0.2) is 19.2 Å². The van der Waals surface area contributed by atoms with E-state index in [-0.39, 0.29) is 36.3 Å². The number of hydrogen-bond acceptors (Lipinski definition) is 10. The molecule has 1 atom stereocenters. The van der Waals surface area contributed by atoms with E-state index in [1.54, 1.807) is 27.7 Å². The van der Waals surface area contributed by atoms with Crippen molar-refractivity contribution >= 4 is 30.0 Å². The van der Waals surface area contributed by atoms with Crippen LogP contribution in [0.25, 0.3) is 0 Å². The Labute approximate surface area is 198 Å². The maximum absolute atomic E-state index is 12.5. The molecule has 0 saturated carbocycles. The second kappa shape index (κ2) is 12.6. The molecule has 34 heavy (non-hydrogen) atoms. The molecule has 1 aromatic carbocycles. The van der Waals surface area contributed by atoms with Crippen LogP contribution in [0.3, 0.4) is 0 Å². The third-order valence-corrected chi connectivity index (χ3v) is 4.21. The quantitative estimate of drug-likeness (QED) is 0.412. The van der Waals surface area contributed by atoms with E-state index in [1.807, 2.05) is 0 Å². The number of ether oxygens (including phenoxy) is 5. The SMILES string of the molecule is CCOC(=O)C(Cc1cc(COC(C)=O)c(C(=O)OC)c(C(=O)OC)c1)NC(=O)OC(C)(C)C. The molecule has 1 unspecified atom stereocenters. The molecule has 0 spiro atoms. The summed E-state index contributed by atoms with van der Waals surface area (Å²) in [4.78, 5) is 61.0. The summed E-state index contributed by atoms with van der Waals surface area (Å²) in [5.41, 5.74) is -0.606. The van der Waals surface area contributed by atoms with Gasteiger partial charge in [0.25, 0.3) is 0 Å². The van der Waals surface area contributed by atoms with E-state index in [2.05, 4.69) is 5.32 Å². The van der Waals surface area contributed by atoms with Gasteiger partial charge in [0.1, 0.15) is 18.2 Å². The van der Waals surface area contributed by atoms with E-state index in [0.29, 0.717) is 5.56 Å². The summed E-state index contributed by atoms with van der Waals surface area (Å²) in [6.07, 6.45) is -0.971. The van der Waals surface area contributed by atoms with Gasteiger partial charge in [-0.15, -0.1) is 0 Å². The number of carbonyl (C=O) groups excluding carboxylic acids is 5. The van der Waals surface area contributed by atoms with Gasteiger partial charge < -0.3 is 29.0 Å². The van der Waals surface area contributed by atoms with Crippen LogP contribution in [0, 0.1) is 0 Å². The Bertz CT molecular complexity index is 932. The molecule has 0 saturated heterocycles. The van der Waals surface area contributed by atoms with Crippen molar-refractivity contribution in [1.82, 2.24) is 5.32 Å². The predicted octanol–water partition coefficient (Wildman–Crippen LogP) is 2.32. The largest absolute Gasteiger partial charge is 0.465 e. The lowest BCUT2D eigenvalue weighted by atomic mass is 9.94. The van der Waals surface area contributed by atoms with Crippen molar-refractivity contribution in [3.8, 4) is 0 Å². The highest BCUT2D eigenvalue weighted by Gasteiger charge is 2.29. The third kappa shape index (κ3) is 8.72. The number of rotatable bonds is 9. The minimum absolute atomic E-state index is 0.0672. The van der Waals surface area contributed by atoms with Crippen LogP contribution in [-0.2, 0) is 46.3 Å². The van der Waals surface area contributed by atoms with Gasteiger partial charge >= 0.3 is 30.0 Å². The number of alkyl carbamates (subject to hydrolysis) is 1. The van der Waals surface area contributed by atoms with Gasteiger partial charge in [-0.3, -0.25) is 4.79 Å². The lowest BCUT2D eigenvalue weighted by molar-refractivity contribution is -0.145. The highest BCUT2D eigenvalue weighted by atomic mass is 16.6. The van der Waals surface area contributed by atoms with Crippen LogP contribution >= 0.6 is 0 Å². The average molecular weight is 481 g/mol. The zero-order chi connectivity index (χ0) is 26.1. The van der Waals surface area contributed by atoms with Gasteiger partial charge in [-0.2, -0.15) is 0 Å². The molecule has 0 aliphatic rings. The minimum atomic E-state index is -1.18. The third-order valence-electron chi connectivity index (χ3n) is 4.21. The number of esters is 4. The van der Waals surface area contributed by atoms with Crippen molar-refractivity contribution in [2.45, 2.75) is 59.3 Å². The molecule has 0 radical (unpaired) electrons. The molecular formula is C23H31NO10. The van der Waals surface area contributed by atoms with Crippen LogP contribution in [0.1, 0.15) is 66.5 Å². The van der Waals surface area contributed by atoms with Gasteiger partial charge in [0.2, 0.25) is 0 Å². The summed E-state index contributed by atoms with van der Waals surface area (Å²) >= 11 is 0. The Morgan fingerprint density at radius 3 is 2.09 bits per heavy atom. The van der Waals surface area contributed by atoms with Crippen molar-refractivity contribution in [2.75, 3.05) is 20.8 Å². The Morgan fingerprint density at radius 1 is 0.971 bits per heavy atom. The number of benzene rings is 1. The molecule has 11 heteroatoms. The van der Waals surface area contributed by atoms with Crippen molar-refractivity contribution in [1.29, 1.82) is 0 Å². The van der Waals surface area contributed by atoms with Gasteiger partial charge in [-0.1, -0.05) is 6.07 Å². The van der Waals surface area contributed by atoms with Gasteiger partial charge in [0.05, 0.1) is 32.0 Å². The summed E-state index contributed by atoms with van der Waals surface area (Å²) in [7, 11) is 2.27. The van der Waals surface area contributed by atoms with Crippen LogP contribution in [0.15, 0.2) is 12.1 Å². The summed E-state index contributed by atoms with van der Waals surface area (Å²) in [6.45, 7) is 7.52. The monoisotopic (exact) mass is 481 g/mol. The zero-order valence-electron chi connectivity index (χ0n) is 20.4. The highest BCUT2D eigenvalue weighted by molar-refractivity contribution is 6.04. The van der Waals surface area contributed by atoms with Crippen LogP contribution in [0.4, 0.5) is 4.79 Å². The van der Waals surface area contributed by atoms with Crippen molar-refractivity contribution in [2.24, 2.45) is 0 Å². The van der Waals surface area contributed by atoms with E-state index >= 15 is 0 Å². The first-order chi connectivity index (χ1) is 15.8. The fourth-order valence-electron chi connectivity index (χ4n) is 2.91. The van der Waals surface area contributed by atoms with Crippen molar-refractivity contribution < 1.29 is 47.7 Å². The number of nitrogens with one attached hydrogen (secondary N) is 1. The van der Waals surface area contributed by atoms with Crippen LogP contribution in [0.5, 0.6) is 0 Å². The first-order valence-corrected chi connectivity index (χ1v) is 10.4. The Balaban J connectivity index is 3.50. The first-order valence-electron chi connectivity index (χ1n) is 10.4.